The summed E-state index contributed by atoms with van der Waals surface area (Å²) < 4.78 is 5.66. The predicted octanol–water partition coefficient (Wildman–Crippen LogP) is 3.82. The van der Waals surface area contributed by atoms with Gasteiger partial charge in [0.25, 0.3) is 0 Å². The first-order chi connectivity index (χ1) is 9.61. The third-order valence-corrected chi connectivity index (χ3v) is 3.17. The fourth-order valence-electron chi connectivity index (χ4n) is 1.64. The van der Waals surface area contributed by atoms with Crippen LogP contribution in [-0.4, -0.2) is 21.9 Å². The lowest BCUT2D eigenvalue weighted by Gasteiger charge is -2.16. The van der Waals surface area contributed by atoms with E-state index in [9.17, 15) is 4.79 Å². The van der Waals surface area contributed by atoms with Crippen molar-refractivity contribution >= 4 is 29.0 Å². The van der Waals surface area contributed by atoms with Gasteiger partial charge >= 0.3 is 0 Å². The zero-order valence-corrected chi connectivity index (χ0v) is 12.2. The van der Waals surface area contributed by atoms with Crippen molar-refractivity contribution < 1.29 is 9.53 Å². The predicted molar refractivity (Wildman–Crippen MR) is 77.5 cm³/mol. The Morgan fingerprint density at radius 2 is 2.15 bits per heavy atom. The Hall–Kier alpha value is -1.65. The van der Waals surface area contributed by atoms with Crippen molar-refractivity contribution in [2.75, 3.05) is 0 Å². The number of ketones is 1. The monoisotopic (exact) mass is 310 g/mol. The summed E-state index contributed by atoms with van der Waals surface area (Å²) in [6, 6.07) is 4.86. The van der Waals surface area contributed by atoms with Crippen LogP contribution in [0.2, 0.25) is 10.0 Å². The number of rotatable bonds is 5. The van der Waals surface area contributed by atoms with E-state index in [0.717, 1.165) is 0 Å². The van der Waals surface area contributed by atoms with Gasteiger partial charge in [0.15, 0.2) is 6.10 Å². The van der Waals surface area contributed by atoms with Crippen LogP contribution >= 0.6 is 23.2 Å². The molecular formula is C14H12Cl2N2O2. The van der Waals surface area contributed by atoms with Gasteiger partial charge in [-0.25, -0.2) is 4.98 Å². The summed E-state index contributed by atoms with van der Waals surface area (Å²) >= 11 is 11.9. The Kier molecular flexibility index (Phi) is 4.93. The summed E-state index contributed by atoms with van der Waals surface area (Å²) in [4.78, 5) is 20.1. The minimum absolute atomic E-state index is 0.230. The summed E-state index contributed by atoms with van der Waals surface area (Å²) in [6.07, 6.45) is 4.22. The van der Waals surface area contributed by atoms with Crippen molar-refractivity contribution in [1.82, 2.24) is 9.97 Å². The summed E-state index contributed by atoms with van der Waals surface area (Å²) in [7, 11) is 0. The second-order valence-corrected chi connectivity index (χ2v) is 4.89. The Morgan fingerprint density at radius 1 is 1.35 bits per heavy atom. The maximum atomic E-state index is 12.3. The molecule has 0 aliphatic carbocycles. The van der Waals surface area contributed by atoms with Crippen molar-refractivity contribution in [2.45, 2.75) is 19.4 Å². The smallest absolute Gasteiger partial charge is 0.223 e. The first-order valence-electron chi connectivity index (χ1n) is 6.03. The molecule has 104 valence electrons. The molecule has 0 bridgehead atoms. The molecular weight excluding hydrogens is 299 g/mol. The summed E-state index contributed by atoms with van der Waals surface area (Å²) in [5.74, 6) is 0.187. The molecule has 0 radical (unpaired) electrons. The second kappa shape index (κ2) is 6.68. The van der Waals surface area contributed by atoms with E-state index in [2.05, 4.69) is 9.97 Å². The number of halogens is 2. The standard InChI is InChI=1S/C14H12Cl2N2O2/c1-2-12(14(19)11-8-17-5-6-18-11)20-13-4-3-9(15)7-10(13)16/h3-8,12H,2H2,1H3. The van der Waals surface area contributed by atoms with E-state index in [1.165, 1.54) is 18.6 Å². The molecule has 0 aliphatic heterocycles. The molecule has 0 fully saturated rings. The fourth-order valence-corrected chi connectivity index (χ4v) is 2.09. The number of carbonyl (C=O) groups is 1. The highest BCUT2D eigenvalue weighted by atomic mass is 35.5. The lowest BCUT2D eigenvalue weighted by Crippen LogP contribution is -2.27. The first-order valence-corrected chi connectivity index (χ1v) is 6.79. The number of benzene rings is 1. The molecule has 1 atom stereocenters. The average Bonchev–Trinajstić information content (AvgIpc) is 2.47. The Labute approximate surface area is 126 Å². The number of hydrogen-bond donors (Lipinski definition) is 0. The Bertz CT molecular complexity index is 605. The zero-order valence-electron chi connectivity index (χ0n) is 10.7. The highest BCUT2D eigenvalue weighted by Crippen LogP contribution is 2.29. The van der Waals surface area contributed by atoms with Crippen molar-refractivity contribution in [2.24, 2.45) is 0 Å². The molecule has 0 saturated heterocycles. The van der Waals surface area contributed by atoms with Crippen LogP contribution in [0.15, 0.2) is 36.8 Å². The van der Waals surface area contributed by atoms with Gasteiger partial charge < -0.3 is 4.74 Å². The lowest BCUT2D eigenvalue weighted by molar-refractivity contribution is 0.0781. The van der Waals surface area contributed by atoms with E-state index in [4.69, 9.17) is 27.9 Å². The third kappa shape index (κ3) is 3.46. The number of hydrogen-bond acceptors (Lipinski definition) is 4. The highest BCUT2D eigenvalue weighted by molar-refractivity contribution is 6.35. The topological polar surface area (TPSA) is 52.1 Å². The minimum atomic E-state index is -0.662. The van der Waals surface area contributed by atoms with Crippen LogP contribution in [0, 0.1) is 0 Å². The number of ether oxygens (including phenoxy) is 1. The molecule has 4 nitrogen and oxygen atoms in total. The number of Topliss-reactive ketones (excluding diaryl/α,β-unsaturated/α-hetero) is 1. The molecule has 1 aromatic carbocycles. The van der Waals surface area contributed by atoms with E-state index in [-0.39, 0.29) is 11.5 Å². The summed E-state index contributed by atoms with van der Waals surface area (Å²) in [5.41, 5.74) is 0.268. The molecule has 1 unspecified atom stereocenters. The van der Waals surface area contributed by atoms with E-state index < -0.39 is 6.10 Å². The average molecular weight is 311 g/mol. The largest absolute Gasteiger partial charge is 0.481 e. The summed E-state index contributed by atoms with van der Waals surface area (Å²) in [6.45, 7) is 1.85. The first kappa shape index (κ1) is 14.8. The number of carbonyl (C=O) groups excluding carboxylic acids is 1. The Balaban J connectivity index is 2.19. The van der Waals surface area contributed by atoms with Crippen LogP contribution in [0.1, 0.15) is 23.8 Å². The van der Waals surface area contributed by atoms with E-state index in [1.807, 2.05) is 6.92 Å². The second-order valence-electron chi connectivity index (χ2n) is 4.04. The minimum Gasteiger partial charge on any atom is -0.481 e. The SMILES string of the molecule is CCC(Oc1ccc(Cl)cc1Cl)C(=O)c1cnccn1. The highest BCUT2D eigenvalue weighted by Gasteiger charge is 2.22. The molecule has 0 spiro atoms. The van der Waals surface area contributed by atoms with Gasteiger partial charge in [-0.15, -0.1) is 0 Å². The molecule has 20 heavy (non-hydrogen) atoms. The number of aromatic nitrogens is 2. The quantitative estimate of drug-likeness (QED) is 0.788. The fraction of sp³-hybridized carbons (Fsp3) is 0.214. The van der Waals surface area contributed by atoms with Crippen LogP contribution in [0.4, 0.5) is 0 Å². The van der Waals surface area contributed by atoms with Gasteiger partial charge in [0.05, 0.1) is 11.2 Å². The molecule has 2 rings (SSSR count). The van der Waals surface area contributed by atoms with Crippen LogP contribution in [0.3, 0.4) is 0 Å². The van der Waals surface area contributed by atoms with Crippen LogP contribution in [0.25, 0.3) is 0 Å². The van der Waals surface area contributed by atoms with Crippen molar-refractivity contribution in [3.05, 3.63) is 52.5 Å². The van der Waals surface area contributed by atoms with Crippen molar-refractivity contribution in [3.8, 4) is 5.75 Å². The maximum Gasteiger partial charge on any atom is 0.223 e. The lowest BCUT2D eigenvalue weighted by atomic mass is 10.1. The molecule has 0 N–H and O–H groups in total. The molecule has 0 saturated carbocycles. The van der Waals surface area contributed by atoms with Crippen LogP contribution in [0.5, 0.6) is 5.75 Å². The van der Waals surface area contributed by atoms with Gasteiger partial charge in [-0.1, -0.05) is 30.1 Å². The van der Waals surface area contributed by atoms with Crippen LogP contribution < -0.4 is 4.74 Å². The van der Waals surface area contributed by atoms with E-state index in [1.54, 1.807) is 18.2 Å². The van der Waals surface area contributed by atoms with E-state index >= 15 is 0 Å². The number of nitrogens with zero attached hydrogens (tertiary/aromatic N) is 2. The van der Waals surface area contributed by atoms with Gasteiger partial charge in [0, 0.05) is 17.4 Å². The normalized spacial score (nSPS) is 11.9. The van der Waals surface area contributed by atoms with Gasteiger partial charge in [0.2, 0.25) is 5.78 Å². The molecule has 6 heteroatoms. The third-order valence-electron chi connectivity index (χ3n) is 2.64. The van der Waals surface area contributed by atoms with Crippen molar-refractivity contribution in [1.29, 1.82) is 0 Å². The zero-order chi connectivity index (χ0) is 14.5. The van der Waals surface area contributed by atoms with Crippen LogP contribution in [-0.2, 0) is 0 Å². The van der Waals surface area contributed by atoms with E-state index in [0.29, 0.717) is 22.2 Å². The molecule has 0 aliphatic rings. The Morgan fingerprint density at radius 3 is 2.75 bits per heavy atom. The summed E-state index contributed by atoms with van der Waals surface area (Å²) in [5, 5.41) is 0.874. The van der Waals surface area contributed by atoms with Gasteiger partial charge in [-0.2, -0.15) is 0 Å². The van der Waals surface area contributed by atoms with Gasteiger partial charge in [-0.3, -0.25) is 9.78 Å². The molecule has 0 amide bonds. The van der Waals surface area contributed by atoms with Gasteiger partial charge in [-0.05, 0) is 24.6 Å². The molecule has 1 heterocycles. The molecule has 1 aromatic heterocycles. The van der Waals surface area contributed by atoms with Crippen molar-refractivity contribution in [3.63, 3.8) is 0 Å². The molecule has 2 aromatic rings. The maximum absolute atomic E-state index is 12.3. The van der Waals surface area contributed by atoms with Gasteiger partial charge in [0.1, 0.15) is 11.4 Å².